The number of nitrogens with one attached hydrogen (secondary N) is 1. The summed E-state index contributed by atoms with van der Waals surface area (Å²) in [5.41, 5.74) is 0.868. The summed E-state index contributed by atoms with van der Waals surface area (Å²) in [6.45, 7) is 0. The highest BCUT2D eigenvalue weighted by Crippen LogP contribution is 2.28. The molecule has 7 heteroatoms. The third-order valence-corrected chi connectivity index (χ3v) is 4.95. The second-order valence-corrected chi connectivity index (χ2v) is 6.84. The van der Waals surface area contributed by atoms with Gasteiger partial charge >= 0.3 is 0 Å². The van der Waals surface area contributed by atoms with Crippen molar-refractivity contribution in [2.45, 2.75) is 0 Å². The standard InChI is InChI=1S/C21H13Cl2N3O2/c22-16-10-14-18(11-17(16)23)26(13-6-2-1-3-7-13)12-15(20(14)27)21(28)25-19-8-4-5-9-24-19/h1-12H,(H,24,25,28). The number of fused-ring (bicyclic) bond motifs is 1. The van der Waals surface area contributed by atoms with Crippen molar-refractivity contribution in [1.29, 1.82) is 0 Å². The Hall–Kier alpha value is -3.15. The number of nitrogens with zero attached hydrogens (tertiary/aromatic N) is 2. The van der Waals surface area contributed by atoms with Gasteiger partial charge < -0.3 is 9.88 Å². The number of amides is 1. The first-order valence-corrected chi connectivity index (χ1v) is 9.12. The van der Waals surface area contributed by atoms with Crippen LogP contribution >= 0.6 is 23.2 Å². The molecule has 0 radical (unpaired) electrons. The van der Waals surface area contributed by atoms with E-state index >= 15 is 0 Å². The zero-order valence-electron chi connectivity index (χ0n) is 14.4. The maximum absolute atomic E-state index is 13.0. The van der Waals surface area contributed by atoms with Gasteiger partial charge in [-0.15, -0.1) is 0 Å². The smallest absolute Gasteiger partial charge is 0.262 e. The summed E-state index contributed by atoms with van der Waals surface area (Å²) in [5, 5.41) is 3.51. The lowest BCUT2D eigenvalue weighted by Crippen LogP contribution is -2.24. The third kappa shape index (κ3) is 3.38. The summed E-state index contributed by atoms with van der Waals surface area (Å²) in [5.74, 6) is -0.200. The number of pyridine rings is 2. The van der Waals surface area contributed by atoms with E-state index in [-0.39, 0.29) is 10.6 Å². The van der Waals surface area contributed by atoms with Gasteiger partial charge in [-0.25, -0.2) is 4.98 Å². The topological polar surface area (TPSA) is 64.0 Å². The molecule has 0 saturated carbocycles. The minimum atomic E-state index is -0.554. The van der Waals surface area contributed by atoms with Gasteiger partial charge in [0, 0.05) is 23.5 Å². The minimum absolute atomic E-state index is 0.0274. The van der Waals surface area contributed by atoms with Crippen LogP contribution in [0.4, 0.5) is 5.82 Å². The number of hydrogen-bond acceptors (Lipinski definition) is 3. The van der Waals surface area contributed by atoms with Crippen LogP contribution in [0.25, 0.3) is 16.6 Å². The van der Waals surface area contributed by atoms with Crippen molar-refractivity contribution in [3.05, 3.63) is 98.9 Å². The molecular weight excluding hydrogens is 397 g/mol. The van der Waals surface area contributed by atoms with Crippen LogP contribution in [0.1, 0.15) is 10.4 Å². The average molecular weight is 410 g/mol. The van der Waals surface area contributed by atoms with E-state index in [1.807, 2.05) is 30.3 Å². The molecular formula is C21H13Cl2N3O2. The number of hydrogen-bond donors (Lipinski definition) is 1. The normalized spacial score (nSPS) is 10.8. The molecule has 4 rings (SSSR count). The van der Waals surface area contributed by atoms with E-state index in [2.05, 4.69) is 10.3 Å². The van der Waals surface area contributed by atoms with Crippen molar-refractivity contribution < 1.29 is 4.79 Å². The summed E-state index contributed by atoms with van der Waals surface area (Å²) in [6.07, 6.45) is 3.06. The molecule has 28 heavy (non-hydrogen) atoms. The van der Waals surface area contributed by atoms with Crippen molar-refractivity contribution in [3.8, 4) is 5.69 Å². The van der Waals surface area contributed by atoms with E-state index in [0.717, 1.165) is 5.69 Å². The molecule has 138 valence electrons. The zero-order chi connectivity index (χ0) is 19.7. The highest BCUT2D eigenvalue weighted by molar-refractivity contribution is 6.42. The molecule has 2 aromatic carbocycles. The number of anilines is 1. The first-order valence-electron chi connectivity index (χ1n) is 8.37. The van der Waals surface area contributed by atoms with Gasteiger partial charge in [0.05, 0.1) is 15.6 Å². The molecule has 1 amide bonds. The van der Waals surface area contributed by atoms with Gasteiger partial charge in [-0.2, -0.15) is 0 Å². The van der Waals surface area contributed by atoms with Crippen molar-refractivity contribution in [2.24, 2.45) is 0 Å². The molecule has 0 fully saturated rings. The highest BCUT2D eigenvalue weighted by atomic mass is 35.5. The van der Waals surface area contributed by atoms with E-state index in [4.69, 9.17) is 23.2 Å². The molecule has 5 nitrogen and oxygen atoms in total. The number of halogens is 2. The van der Waals surface area contributed by atoms with Crippen LogP contribution < -0.4 is 10.7 Å². The Balaban J connectivity index is 1.95. The van der Waals surface area contributed by atoms with Crippen molar-refractivity contribution in [3.63, 3.8) is 0 Å². The van der Waals surface area contributed by atoms with Gasteiger partial charge in [-0.05, 0) is 36.4 Å². The van der Waals surface area contributed by atoms with Crippen LogP contribution in [0.3, 0.4) is 0 Å². The number of carbonyl (C=O) groups is 1. The molecule has 0 spiro atoms. The first-order chi connectivity index (χ1) is 13.5. The Morgan fingerprint density at radius 2 is 1.68 bits per heavy atom. The minimum Gasteiger partial charge on any atom is -0.315 e. The predicted molar refractivity (Wildman–Crippen MR) is 112 cm³/mol. The van der Waals surface area contributed by atoms with Crippen molar-refractivity contribution in [1.82, 2.24) is 9.55 Å². The molecule has 0 saturated heterocycles. The SMILES string of the molecule is O=C(Nc1ccccn1)c1cn(-c2ccccc2)c2cc(Cl)c(Cl)cc2c1=O. The van der Waals surface area contributed by atoms with Crippen molar-refractivity contribution in [2.75, 3.05) is 5.32 Å². The third-order valence-electron chi connectivity index (χ3n) is 4.23. The van der Waals surface area contributed by atoms with Gasteiger partial charge in [-0.3, -0.25) is 9.59 Å². The van der Waals surface area contributed by atoms with Crippen LogP contribution in [-0.2, 0) is 0 Å². The molecule has 0 unspecified atom stereocenters. The monoisotopic (exact) mass is 409 g/mol. The quantitative estimate of drug-likeness (QED) is 0.520. The Bertz CT molecular complexity index is 1240. The predicted octanol–water partition coefficient (Wildman–Crippen LogP) is 4.94. The van der Waals surface area contributed by atoms with Gasteiger partial charge in [0.15, 0.2) is 0 Å². The first kappa shape index (κ1) is 18.2. The van der Waals surface area contributed by atoms with E-state index in [1.165, 1.54) is 12.3 Å². The van der Waals surface area contributed by atoms with Gasteiger partial charge in [0.1, 0.15) is 11.4 Å². The molecule has 0 atom stereocenters. The molecule has 2 aromatic heterocycles. The number of carbonyl (C=O) groups excluding carboxylic acids is 1. The second kappa shape index (κ2) is 7.46. The fourth-order valence-corrected chi connectivity index (χ4v) is 3.23. The molecule has 0 aliphatic rings. The molecule has 0 aliphatic heterocycles. The lowest BCUT2D eigenvalue weighted by molar-refractivity contribution is 0.102. The largest absolute Gasteiger partial charge is 0.315 e. The summed E-state index contributed by atoms with van der Waals surface area (Å²) in [4.78, 5) is 29.9. The van der Waals surface area contributed by atoms with Crippen LogP contribution in [0, 0.1) is 0 Å². The van der Waals surface area contributed by atoms with E-state index in [9.17, 15) is 9.59 Å². The van der Waals surface area contributed by atoms with E-state index in [0.29, 0.717) is 21.7 Å². The van der Waals surface area contributed by atoms with E-state index < -0.39 is 11.3 Å². The van der Waals surface area contributed by atoms with Crippen LogP contribution in [-0.4, -0.2) is 15.5 Å². The van der Waals surface area contributed by atoms with Gasteiger partial charge in [-0.1, -0.05) is 47.5 Å². The molecule has 0 bridgehead atoms. The fourth-order valence-electron chi connectivity index (χ4n) is 2.90. The average Bonchev–Trinajstić information content (AvgIpc) is 2.71. The van der Waals surface area contributed by atoms with Crippen molar-refractivity contribution >= 4 is 45.8 Å². The summed E-state index contributed by atoms with van der Waals surface area (Å²) in [7, 11) is 0. The molecule has 1 N–H and O–H groups in total. The zero-order valence-corrected chi connectivity index (χ0v) is 15.9. The number of rotatable bonds is 3. The number of benzene rings is 2. The summed E-state index contributed by atoms with van der Waals surface area (Å²) in [6, 6.07) is 17.6. The second-order valence-electron chi connectivity index (χ2n) is 6.03. The maximum Gasteiger partial charge on any atom is 0.262 e. The number of para-hydroxylation sites is 1. The highest BCUT2D eigenvalue weighted by Gasteiger charge is 2.18. The van der Waals surface area contributed by atoms with Crippen LogP contribution in [0.15, 0.2) is 77.9 Å². The molecule has 4 aromatic rings. The molecule has 0 aliphatic carbocycles. The maximum atomic E-state index is 13.0. The van der Waals surface area contributed by atoms with Crippen LogP contribution in [0.2, 0.25) is 10.0 Å². The Morgan fingerprint density at radius 1 is 0.964 bits per heavy atom. The van der Waals surface area contributed by atoms with Gasteiger partial charge in [0.25, 0.3) is 5.91 Å². The lowest BCUT2D eigenvalue weighted by atomic mass is 10.1. The van der Waals surface area contributed by atoms with Gasteiger partial charge in [0.2, 0.25) is 5.43 Å². The fraction of sp³-hybridized carbons (Fsp3) is 0. The molecule has 2 heterocycles. The number of aromatic nitrogens is 2. The van der Waals surface area contributed by atoms with Crippen LogP contribution in [0.5, 0.6) is 0 Å². The Kier molecular flexibility index (Phi) is 4.86. The van der Waals surface area contributed by atoms with E-state index in [1.54, 1.807) is 35.0 Å². The summed E-state index contributed by atoms with van der Waals surface area (Å²) < 4.78 is 1.74. The lowest BCUT2D eigenvalue weighted by Gasteiger charge is -2.14. The Morgan fingerprint density at radius 3 is 2.39 bits per heavy atom. The summed E-state index contributed by atoms with van der Waals surface area (Å²) >= 11 is 12.3. The Labute approximate surface area is 170 Å².